The van der Waals surface area contributed by atoms with Gasteiger partial charge in [-0.05, 0) is 6.42 Å². The quantitative estimate of drug-likeness (QED) is 0.377. The van der Waals surface area contributed by atoms with E-state index in [2.05, 4.69) is 0 Å². The second-order valence-electron chi connectivity index (χ2n) is 2.30. The van der Waals surface area contributed by atoms with E-state index in [9.17, 15) is 5.21 Å². The fourth-order valence-corrected chi connectivity index (χ4v) is 0.539. The Balaban J connectivity index is 3.15. The maximum atomic E-state index is 10.6. The van der Waals surface area contributed by atoms with Crippen molar-refractivity contribution in [3.63, 3.8) is 0 Å². The molecule has 0 N–H and O–H groups in total. The van der Waals surface area contributed by atoms with Gasteiger partial charge in [0.2, 0.25) is 0 Å². The van der Waals surface area contributed by atoms with Gasteiger partial charge in [0.1, 0.15) is 0 Å². The van der Waals surface area contributed by atoms with E-state index in [1.807, 2.05) is 6.92 Å². The molecule has 0 fully saturated rings. The van der Waals surface area contributed by atoms with Crippen LogP contribution in [0.15, 0.2) is 0 Å². The van der Waals surface area contributed by atoms with Gasteiger partial charge < -0.3 is 9.85 Å². The summed E-state index contributed by atoms with van der Waals surface area (Å²) in [6.45, 7) is 2.73. The number of rotatable bonds is 2. The predicted molar refractivity (Wildman–Crippen MR) is 30.6 cm³/mol. The number of quaternary nitrogens is 1. The smallest absolute Gasteiger partial charge is 0.0777 e. The molecule has 0 unspecified atom stereocenters. The van der Waals surface area contributed by atoms with Crippen molar-refractivity contribution >= 4 is 0 Å². The van der Waals surface area contributed by atoms with Crippen molar-refractivity contribution < 1.29 is 4.65 Å². The van der Waals surface area contributed by atoms with E-state index in [1.165, 1.54) is 0 Å². The van der Waals surface area contributed by atoms with Gasteiger partial charge in [-0.2, -0.15) is 0 Å². The van der Waals surface area contributed by atoms with Crippen LogP contribution in [0.5, 0.6) is 0 Å². The van der Waals surface area contributed by atoms with E-state index in [0.717, 1.165) is 13.0 Å². The molecule has 0 saturated carbocycles. The zero-order chi connectivity index (χ0) is 5.91. The van der Waals surface area contributed by atoms with Gasteiger partial charge >= 0.3 is 0 Å². The lowest BCUT2D eigenvalue weighted by molar-refractivity contribution is -0.839. The summed E-state index contributed by atoms with van der Waals surface area (Å²) in [4.78, 5) is 0. The standard InChI is InChI=1S/C5H13NO/c1-4-5-6(2,3)7/h4-5H2,1-3H3. The summed E-state index contributed by atoms with van der Waals surface area (Å²) in [6.07, 6.45) is 0.969. The molecule has 0 spiro atoms. The topological polar surface area (TPSA) is 23.1 Å². The SMILES string of the molecule is CCC[N+](C)(C)[O-]. The Morgan fingerprint density at radius 1 is 1.43 bits per heavy atom. The van der Waals surface area contributed by atoms with Crippen LogP contribution in [0.25, 0.3) is 0 Å². The molecule has 0 bridgehead atoms. The molecule has 0 aromatic rings. The maximum absolute atomic E-state index is 10.6. The van der Waals surface area contributed by atoms with Crippen LogP contribution < -0.4 is 0 Å². The van der Waals surface area contributed by atoms with Gasteiger partial charge in [0, 0.05) is 0 Å². The highest BCUT2D eigenvalue weighted by Gasteiger charge is 1.94. The van der Waals surface area contributed by atoms with Crippen LogP contribution in [0.4, 0.5) is 0 Å². The van der Waals surface area contributed by atoms with Crippen LogP contribution in [0.1, 0.15) is 13.3 Å². The average Bonchev–Trinajstić information content (AvgIpc) is 1.30. The summed E-state index contributed by atoms with van der Waals surface area (Å²) in [6, 6.07) is 0. The number of hydrogen-bond acceptors (Lipinski definition) is 1. The molecule has 0 aromatic heterocycles. The molecule has 0 atom stereocenters. The Labute approximate surface area is 44.9 Å². The van der Waals surface area contributed by atoms with E-state index in [0.29, 0.717) is 0 Å². The summed E-state index contributed by atoms with van der Waals surface area (Å²) in [5.74, 6) is 0. The van der Waals surface area contributed by atoms with Gasteiger partial charge in [-0.15, -0.1) is 0 Å². The first kappa shape index (κ1) is 6.92. The molecule has 2 heteroatoms. The van der Waals surface area contributed by atoms with Crippen molar-refractivity contribution in [2.45, 2.75) is 13.3 Å². The first-order valence-electron chi connectivity index (χ1n) is 2.60. The van der Waals surface area contributed by atoms with Crippen LogP contribution in [-0.2, 0) is 0 Å². The highest BCUT2D eigenvalue weighted by molar-refractivity contribution is 4.26. The summed E-state index contributed by atoms with van der Waals surface area (Å²) in [5.41, 5.74) is 0. The maximum Gasteiger partial charge on any atom is 0.0777 e. The summed E-state index contributed by atoms with van der Waals surface area (Å²) >= 11 is 0. The van der Waals surface area contributed by atoms with Crippen molar-refractivity contribution in [1.82, 2.24) is 0 Å². The molecule has 0 radical (unpaired) electrons. The molecular formula is C5H13NO. The molecule has 44 valence electrons. The van der Waals surface area contributed by atoms with E-state index >= 15 is 0 Å². The minimum atomic E-state index is -0.156. The van der Waals surface area contributed by atoms with Crippen molar-refractivity contribution in [2.24, 2.45) is 0 Å². The van der Waals surface area contributed by atoms with Gasteiger partial charge in [-0.1, -0.05) is 6.92 Å². The van der Waals surface area contributed by atoms with Crippen molar-refractivity contribution in [3.8, 4) is 0 Å². The normalized spacial score (nSPS) is 12.0. The van der Waals surface area contributed by atoms with E-state index in [-0.39, 0.29) is 4.65 Å². The van der Waals surface area contributed by atoms with Crippen LogP contribution in [0.3, 0.4) is 0 Å². The minimum absolute atomic E-state index is 0.156. The van der Waals surface area contributed by atoms with Crippen LogP contribution >= 0.6 is 0 Å². The first-order chi connectivity index (χ1) is 3.06. The lowest BCUT2D eigenvalue weighted by Crippen LogP contribution is -2.32. The third-order valence-electron chi connectivity index (χ3n) is 0.762. The Kier molecular flexibility index (Phi) is 2.26. The van der Waals surface area contributed by atoms with Crippen LogP contribution in [0.2, 0.25) is 0 Å². The monoisotopic (exact) mass is 103 g/mol. The van der Waals surface area contributed by atoms with Gasteiger partial charge in [-0.3, -0.25) is 0 Å². The lowest BCUT2D eigenvalue weighted by Gasteiger charge is -2.33. The Morgan fingerprint density at radius 3 is 1.86 bits per heavy atom. The van der Waals surface area contributed by atoms with Gasteiger partial charge in [-0.25, -0.2) is 0 Å². The van der Waals surface area contributed by atoms with E-state index in [4.69, 9.17) is 0 Å². The van der Waals surface area contributed by atoms with Crippen molar-refractivity contribution in [2.75, 3.05) is 20.6 Å². The van der Waals surface area contributed by atoms with Gasteiger partial charge in [0.05, 0.1) is 20.6 Å². The number of nitrogens with zero attached hydrogens (tertiary/aromatic N) is 1. The molecule has 0 saturated heterocycles. The molecule has 0 rings (SSSR count). The van der Waals surface area contributed by atoms with Gasteiger partial charge in [0.25, 0.3) is 0 Å². The van der Waals surface area contributed by atoms with E-state index < -0.39 is 0 Å². The largest absolute Gasteiger partial charge is 0.633 e. The zero-order valence-electron chi connectivity index (χ0n) is 5.27. The highest BCUT2D eigenvalue weighted by atomic mass is 16.5. The Hall–Kier alpha value is -0.0800. The molecule has 0 aliphatic heterocycles. The fraction of sp³-hybridized carbons (Fsp3) is 1.00. The minimum Gasteiger partial charge on any atom is -0.633 e. The summed E-state index contributed by atoms with van der Waals surface area (Å²) < 4.78 is -0.156. The zero-order valence-corrected chi connectivity index (χ0v) is 5.27. The Bertz CT molecular complexity index is 46.5. The lowest BCUT2D eigenvalue weighted by atomic mass is 10.5. The molecule has 0 aliphatic rings. The van der Waals surface area contributed by atoms with Crippen molar-refractivity contribution in [3.05, 3.63) is 5.21 Å². The van der Waals surface area contributed by atoms with Gasteiger partial charge in [0.15, 0.2) is 0 Å². The fourth-order valence-electron chi connectivity index (χ4n) is 0.539. The molecule has 0 amide bonds. The molecule has 0 aromatic carbocycles. The molecule has 0 aliphatic carbocycles. The predicted octanol–water partition coefficient (Wildman–Crippen LogP) is 0.971. The number of hydrogen-bond donors (Lipinski definition) is 0. The van der Waals surface area contributed by atoms with Crippen LogP contribution in [-0.4, -0.2) is 25.3 Å². The molecule has 7 heavy (non-hydrogen) atoms. The summed E-state index contributed by atoms with van der Waals surface area (Å²) in [5, 5.41) is 10.6. The first-order valence-corrected chi connectivity index (χ1v) is 2.60. The van der Waals surface area contributed by atoms with Crippen molar-refractivity contribution in [1.29, 1.82) is 0 Å². The highest BCUT2D eigenvalue weighted by Crippen LogP contribution is 1.92. The molecule has 0 heterocycles. The second-order valence-corrected chi connectivity index (χ2v) is 2.30. The third-order valence-corrected chi connectivity index (χ3v) is 0.762. The average molecular weight is 103 g/mol. The van der Waals surface area contributed by atoms with E-state index in [1.54, 1.807) is 14.1 Å². The Morgan fingerprint density at radius 2 is 1.86 bits per heavy atom. The number of hydroxylamine groups is 3. The second kappa shape index (κ2) is 2.28. The third kappa shape index (κ3) is 5.92. The molecule has 2 nitrogen and oxygen atoms in total. The molecular weight excluding hydrogens is 90.1 g/mol. The summed E-state index contributed by atoms with van der Waals surface area (Å²) in [7, 11) is 3.31. The van der Waals surface area contributed by atoms with Crippen LogP contribution in [0, 0.1) is 5.21 Å².